The highest BCUT2D eigenvalue weighted by molar-refractivity contribution is 7.15. The number of anilines is 1. The number of nitrogens with one attached hydrogen (secondary N) is 3. The Labute approximate surface area is 210 Å². The lowest BCUT2D eigenvalue weighted by molar-refractivity contribution is -0.118. The van der Waals surface area contributed by atoms with Gasteiger partial charge in [-0.25, -0.2) is 4.98 Å². The van der Waals surface area contributed by atoms with Crippen molar-refractivity contribution < 1.29 is 4.79 Å². The normalized spacial score (nSPS) is 11.6. The molecule has 0 aliphatic carbocycles. The van der Waals surface area contributed by atoms with Crippen molar-refractivity contribution in [2.24, 2.45) is 5.92 Å². The molecule has 0 saturated heterocycles. The molecule has 1 aromatic carbocycles. The third-order valence-electron chi connectivity index (χ3n) is 6.03. The van der Waals surface area contributed by atoms with Crippen LogP contribution in [-0.4, -0.2) is 36.0 Å². The number of amides is 1. The van der Waals surface area contributed by atoms with Gasteiger partial charge in [0.2, 0.25) is 5.91 Å². The van der Waals surface area contributed by atoms with E-state index in [0.29, 0.717) is 11.5 Å². The summed E-state index contributed by atoms with van der Waals surface area (Å²) in [5.41, 5.74) is 6.75. The van der Waals surface area contributed by atoms with Crippen LogP contribution in [0, 0.1) is 12.8 Å². The number of hydrogen-bond donors (Lipinski definition) is 3. The molecule has 3 N–H and O–H groups in total. The maximum absolute atomic E-state index is 12.1. The van der Waals surface area contributed by atoms with Crippen LogP contribution in [-0.2, 0) is 4.79 Å². The van der Waals surface area contributed by atoms with Gasteiger partial charge in [-0.3, -0.25) is 19.9 Å². The molecular formula is C27H23N7OS. The van der Waals surface area contributed by atoms with Gasteiger partial charge in [-0.1, -0.05) is 19.9 Å². The Hall–Kier alpha value is -4.37. The van der Waals surface area contributed by atoms with E-state index in [1.165, 1.54) is 4.88 Å². The summed E-state index contributed by atoms with van der Waals surface area (Å²) >= 11 is 1.70. The van der Waals surface area contributed by atoms with E-state index < -0.39 is 0 Å². The van der Waals surface area contributed by atoms with Gasteiger partial charge in [-0.2, -0.15) is 5.10 Å². The minimum absolute atomic E-state index is 0.0435. The second-order valence-corrected chi connectivity index (χ2v) is 10.3. The number of nitrogens with zero attached hydrogens (tertiary/aromatic N) is 4. The van der Waals surface area contributed by atoms with Gasteiger partial charge in [-0.05, 0) is 48.9 Å². The molecule has 0 aliphatic rings. The fourth-order valence-electron chi connectivity index (χ4n) is 4.12. The molecule has 5 heterocycles. The molecule has 0 unspecified atom stereocenters. The number of hydrogen-bond acceptors (Lipinski definition) is 6. The Kier molecular flexibility index (Phi) is 5.34. The third-order valence-corrected chi connectivity index (χ3v) is 7.03. The molecule has 36 heavy (non-hydrogen) atoms. The topological polar surface area (TPSA) is 112 Å². The Balaban J connectivity index is 1.41. The highest BCUT2D eigenvalue weighted by Crippen LogP contribution is 2.34. The molecule has 6 rings (SSSR count). The van der Waals surface area contributed by atoms with Gasteiger partial charge in [0, 0.05) is 34.1 Å². The summed E-state index contributed by atoms with van der Waals surface area (Å²) in [4.78, 5) is 31.7. The van der Waals surface area contributed by atoms with E-state index in [0.717, 1.165) is 49.3 Å². The summed E-state index contributed by atoms with van der Waals surface area (Å²) in [5, 5.41) is 11.5. The standard InChI is InChI=1S/C27H23N7OS/c1-14(2)27(35)30-18-10-17(12-28-13-18)16-5-6-20-19(11-16)23(34-33-20)26-31-21-8-9-29-25(24(21)32-26)22-7-4-15(3)36-22/h4-14H,1-3H3,(H,30,35)(H,31,32)(H,33,34). The van der Waals surface area contributed by atoms with E-state index in [1.54, 1.807) is 29.9 Å². The quantitative estimate of drug-likeness (QED) is 0.265. The van der Waals surface area contributed by atoms with E-state index in [1.807, 2.05) is 38.1 Å². The average Bonchev–Trinajstić information content (AvgIpc) is 3.61. The fourth-order valence-corrected chi connectivity index (χ4v) is 4.98. The van der Waals surface area contributed by atoms with Crippen molar-refractivity contribution in [3.63, 3.8) is 0 Å². The summed E-state index contributed by atoms with van der Waals surface area (Å²) in [7, 11) is 0. The maximum Gasteiger partial charge on any atom is 0.226 e. The molecule has 0 saturated carbocycles. The Morgan fingerprint density at radius 1 is 1.00 bits per heavy atom. The van der Waals surface area contributed by atoms with Crippen LogP contribution in [0.25, 0.3) is 55.2 Å². The molecule has 6 aromatic rings. The summed E-state index contributed by atoms with van der Waals surface area (Å²) in [6.45, 7) is 5.81. The molecule has 0 bridgehead atoms. The second-order valence-electron chi connectivity index (χ2n) is 8.99. The SMILES string of the molecule is Cc1ccc(-c2nccc3[nH]c(-c4n[nH]c5ccc(-c6cncc(NC(=O)C(C)C)c6)cc45)nc23)s1. The van der Waals surface area contributed by atoms with Crippen molar-refractivity contribution in [2.75, 3.05) is 5.32 Å². The number of pyridine rings is 2. The molecule has 0 fully saturated rings. The van der Waals surface area contributed by atoms with Gasteiger partial charge in [0.1, 0.15) is 16.9 Å². The monoisotopic (exact) mass is 493 g/mol. The number of rotatable bonds is 5. The molecule has 0 radical (unpaired) electrons. The molecule has 9 heteroatoms. The highest BCUT2D eigenvalue weighted by atomic mass is 32.1. The van der Waals surface area contributed by atoms with Gasteiger partial charge < -0.3 is 10.3 Å². The second kappa shape index (κ2) is 8.69. The van der Waals surface area contributed by atoms with Crippen LogP contribution in [0.15, 0.2) is 61.1 Å². The Morgan fingerprint density at radius 2 is 1.89 bits per heavy atom. The van der Waals surface area contributed by atoms with E-state index >= 15 is 0 Å². The summed E-state index contributed by atoms with van der Waals surface area (Å²) in [6.07, 6.45) is 5.24. The molecule has 0 aliphatic heterocycles. The molecule has 8 nitrogen and oxygen atoms in total. The predicted molar refractivity (Wildman–Crippen MR) is 144 cm³/mol. The lowest BCUT2D eigenvalue weighted by atomic mass is 10.0. The lowest BCUT2D eigenvalue weighted by Crippen LogP contribution is -2.17. The highest BCUT2D eigenvalue weighted by Gasteiger charge is 2.17. The van der Waals surface area contributed by atoms with Crippen LogP contribution in [0.3, 0.4) is 0 Å². The number of thiophene rings is 1. The Bertz CT molecular complexity index is 1740. The van der Waals surface area contributed by atoms with E-state index in [-0.39, 0.29) is 11.8 Å². The smallest absolute Gasteiger partial charge is 0.226 e. The summed E-state index contributed by atoms with van der Waals surface area (Å²) in [6, 6.07) is 14.1. The van der Waals surface area contributed by atoms with Gasteiger partial charge >= 0.3 is 0 Å². The first-order valence-electron chi connectivity index (χ1n) is 11.6. The lowest BCUT2D eigenvalue weighted by Gasteiger charge is -2.09. The van der Waals surface area contributed by atoms with Crippen LogP contribution < -0.4 is 5.32 Å². The molecule has 178 valence electrons. The predicted octanol–water partition coefficient (Wildman–Crippen LogP) is 6.19. The number of carbonyl (C=O) groups excluding carboxylic acids is 1. The van der Waals surface area contributed by atoms with Crippen molar-refractivity contribution in [1.82, 2.24) is 30.1 Å². The van der Waals surface area contributed by atoms with Gasteiger partial charge in [0.25, 0.3) is 0 Å². The third kappa shape index (κ3) is 3.93. The molecule has 1 amide bonds. The first kappa shape index (κ1) is 22.1. The number of aromatic nitrogens is 6. The van der Waals surface area contributed by atoms with Crippen LogP contribution in [0.4, 0.5) is 5.69 Å². The first-order chi connectivity index (χ1) is 17.5. The Morgan fingerprint density at radius 3 is 2.69 bits per heavy atom. The first-order valence-corrected chi connectivity index (χ1v) is 12.4. The molecule has 5 aromatic heterocycles. The number of carbonyl (C=O) groups is 1. The number of H-pyrrole nitrogens is 2. The van der Waals surface area contributed by atoms with Crippen LogP contribution in [0.1, 0.15) is 18.7 Å². The summed E-state index contributed by atoms with van der Waals surface area (Å²) in [5.74, 6) is 0.520. The minimum atomic E-state index is -0.109. The molecular weight excluding hydrogens is 470 g/mol. The van der Waals surface area contributed by atoms with Crippen molar-refractivity contribution in [1.29, 1.82) is 0 Å². The molecule has 0 atom stereocenters. The van der Waals surface area contributed by atoms with Crippen molar-refractivity contribution >= 4 is 44.9 Å². The fraction of sp³-hybridized carbons (Fsp3) is 0.148. The van der Waals surface area contributed by atoms with Crippen LogP contribution >= 0.6 is 11.3 Å². The molecule has 0 spiro atoms. The zero-order valence-electron chi connectivity index (χ0n) is 20.0. The zero-order chi connectivity index (χ0) is 24.8. The van der Waals surface area contributed by atoms with Gasteiger partial charge in [-0.15, -0.1) is 11.3 Å². The summed E-state index contributed by atoms with van der Waals surface area (Å²) < 4.78 is 0. The number of benzene rings is 1. The van der Waals surface area contributed by atoms with Crippen LogP contribution in [0.5, 0.6) is 0 Å². The maximum atomic E-state index is 12.1. The van der Waals surface area contributed by atoms with E-state index in [2.05, 4.69) is 55.6 Å². The number of aromatic amines is 2. The van der Waals surface area contributed by atoms with E-state index in [4.69, 9.17) is 4.98 Å². The number of aryl methyl sites for hydroxylation is 1. The van der Waals surface area contributed by atoms with Crippen molar-refractivity contribution in [3.8, 4) is 33.2 Å². The van der Waals surface area contributed by atoms with Crippen molar-refractivity contribution in [3.05, 3.63) is 65.9 Å². The zero-order valence-corrected chi connectivity index (χ0v) is 20.8. The van der Waals surface area contributed by atoms with Gasteiger partial charge in [0.05, 0.1) is 27.8 Å². The van der Waals surface area contributed by atoms with Crippen molar-refractivity contribution in [2.45, 2.75) is 20.8 Å². The number of fused-ring (bicyclic) bond motifs is 2. The average molecular weight is 494 g/mol. The van der Waals surface area contributed by atoms with Gasteiger partial charge in [0.15, 0.2) is 5.82 Å². The largest absolute Gasteiger partial charge is 0.336 e. The minimum Gasteiger partial charge on any atom is -0.336 e. The van der Waals surface area contributed by atoms with Crippen LogP contribution in [0.2, 0.25) is 0 Å². The number of imidazole rings is 1. The van der Waals surface area contributed by atoms with E-state index in [9.17, 15) is 4.79 Å².